The van der Waals surface area contributed by atoms with E-state index in [2.05, 4.69) is 22.0 Å². The summed E-state index contributed by atoms with van der Waals surface area (Å²) in [6.45, 7) is 10.7. The fraction of sp³-hybridized carbons (Fsp3) is 0.650. The van der Waals surface area contributed by atoms with Crippen molar-refractivity contribution in [3.05, 3.63) is 30.3 Å². The van der Waals surface area contributed by atoms with Crippen LogP contribution in [0.1, 0.15) is 26.7 Å². The van der Waals surface area contributed by atoms with E-state index in [1.165, 1.54) is 12.8 Å². The third-order valence-electron chi connectivity index (χ3n) is 5.81. The molecule has 2 aliphatic heterocycles. The third-order valence-corrected chi connectivity index (χ3v) is 5.81. The highest BCUT2D eigenvalue weighted by molar-refractivity contribution is 5.75. The molecule has 3 rings (SSSR count). The summed E-state index contributed by atoms with van der Waals surface area (Å²) in [5.41, 5.74) is 0. The second-order valence-electron chi connectivity index (χ2n) is 7.32. The van der Waals surface area contributed by atoms with Crippen molar-refractivity contribution in [3.63, 3.8) is 0 Å². The molecule has 2 heterocycles. The molecule has 5 heteroatoms. The molecule has 0 aliphatic carbocycles. The van der Waals surface area contributed by atoms with Crippen molar-refractivity contribution < 1.29 is 9.53 Å². The molecule has 5 nitrogen and oxygen atoms in total. The number of nitrogens with zero attached hydrogens (tertiary/aromatic N) is 2. The fourth-order valence-corrected chi connectivity index (χ4v) is 3.89. The van der Waals surface area contributed by atoms with Gasteiger partial charge in [0.2, 0.25) is 0 Å². The first-order valence-electron chi connectivity index (χ1n) is 9.60. The van der Waals surface area contributed by atoms with Crippen molar-refractivity contribution in [3.8, 4) is 5.75 Å². The average Bonchev–Trinajstić information content (AvgIpc) is 2.68. The molecule has 138 valence electrons. The maximum Gasteiger partial charge on any atom is 0.315 e. The minimum Gasteiger partial charge on any atom is -0.426 e. The van der Waals surface area contributed by atoms with Crippen LogP contribution in [-0.4, -0.2) is 67.1 Å². The van der Waals surface area contributed by atoms with E-state index in [1.807, 2.05) is 37.3 Å². The zero-order valence-electron chi connectivity index (χ0n) is 15.5. The Morgan fingerprint density at radius 2 is 1.72 bits per heavy atom. The van der Waals surface area contributed by atoms with Gasteiger partial charge in [-0.3, -0.25) is 14.6 Å². The Morgan fingerprint density at radius 3 is 2.36 bits per heavy atom. The lowest BCUT2D eigenvalue weighted by Gasteiger charge is -2.43. The van der Waals surface area contributed by atoms with Crippen molar-refractivity contribution in [2.45, 2.75) is 38.8 Å². The minimum atomic E-state index is -0.139. The summed E-state index contributed by atoms with van der Waals surface area (Å²) in [6, 6.07) is 10.3. The van der Waals surface area contributed by atoms with Crippen molar-refractivity contribution in [2.75, 3.05) is 39.3 Å². The van der Waals surface area contributed by atoms with E-state index in [9.17, 15) is 4.79 Å². The van der Waals surface area contributed by atoms with Crippen LogP contribution in [0.25, 0.3) is 0 Å². The lowest BCUT2D eigenvalue weighted by molar-refractivity contribution is -0.140. The molecule has 2 saturated heterocycles. The number of esters is 1. The van der Waals surface area contributed by atoms with Gasteiger partial charge in [0, 0.05) is 38.3 Å². The van der Waals surface area contributed by atoms with Crippen LogP contribution in [0.2, 0.25) is 0 Å². The van der Waals surface area contributed by atoms with Crippen molar-refractivity contribution >= 4 is 5.97 Å². The molecule has 2 fully saturated rings. The van der Waals surface area contributed by atoms with Gasteiger partial charge in [-0.2, -0.15) is 0 Å². The van der Waals surface area contributed by atoms with Gasteiger partial charge in [-0.15, -0.1) is 0 Å². The molecule has 0 spiro atoms. The zero-order valence-corrected chi connectivity index (χ0v) is 15.5. The smallest absolute Gasteiger partial charge is 0.315 e. The number of ether oxygens (including phenoxy) is 1. The van der Waals surface area contributed by atoms with Gasteiger partial charge in [0.1, 0.15) is 5.75 Å². The van der Waals surface area contributed by atoms with Gasteiger partial charge in [-0.25, -0.2) is 0 Å². The number of hydrogen-bond acceptors (Lipinski definition) is 5. The van der Waals surface area contributed by atoms with E-state index in [4.69, 9.17) is 4.74 Å². The number of nitrogens with one attached hydrogen (secondary N) is 1. The Kier molecular flexibility index (Phi) is 6.45. The normalized spacial score (nSPS) is 23.1. The number of rotatable bonds is 5. The number of hydrogen-bond donors (Lipinski definition) is 1. The Bertz CT molecular complexity index is 537. The first-order chi connectivity index (χ1) is 12.1. The second-order valence-corrected chi connectivity index (χ2v) is 7.32. The third kappa shape index (κ3) is 4.81. The second kappa shape index (κ2) is 8.79. The van der Waals surface area contributed by atoms with Gasteiger partial charge in [-0.1, -0.05) is 25.1 Å². The number of benzene rings is 1. The van der Waals surface area contributed by atoms with E-state index < -0.39 is 0 Å². The molecule has 2 unspecified atom stereocenters. The summed E-state index contributed by atoms with van der Waals surface area (Å²) >= 11 is 0. The molecule has 0 amide bonds. The molecule has 0 saturated carbocycles. The highest BCUT2D eigenvalue weighted by Gasteiger charge is 2.31. The van der Waals surface area contributed by atoms with Crippen LogP contribution < -0.4 is 10.1 Å². The SMILES string of the molecule is CC(C(=O)Oc1ccccc1)C(C)N1CCN(C2CCNCC2)CC1. The Hall–Kier alpha value is -1.43. The van der Waals surface area contributed by atoms with Crippen LogP contribution in [0.3, 0.4) is 0 Å². The van der Waals surface area contributed by atoms with Crippen molar-refractivity contribution in [1.29, 1.82) is 0 Å². The van der Waals surface area contributed by atoms with E-state index >= 15 is 0 Å². The molecule has 25 heavy (non-hydrogen) atoms. The van der Waals surface area contributed by atoms with Gasteiger partial charge in [-0.05, 0) is 45.0 Å². The Morgan fingerprint density at radius 1 is 1.08 bits per heavy atom. The summed E-state index contributed by atoms with van der Waals surface area (Å²) in [6.07, 6.45) is 2.52. The van der Waals surface area contributed by atoms with Gasteiger partial charge in [0.15, 0.2) is 0 Å². The Labute approximate surface area is 151 Å². The molecule has 1 aromatic rings. The molecular weight excluding hydrogens is 314 g/mol. The topological polar surface area (TPSA) is 44.8 Å². The van der Waals surface area contributed by atoms with E-state index in [1.54, 1.807) is 0 Å². The molecule has 0 aromatic heterocycles. The van der Waals surface area contributed by atoms with Crippen molar-refractivity contribution in [2.24, 2.45) is 5.92 Å². The molecule has 2 aliphatic rings. The maximum atomic E-state index is 12.4. The van der Waals surface area contributed by atoms with Crippen LogP contribution in [0, 0.1) is 5.92 Å². The van der Waals surface area contributed by atoms with E-state index in [0.717, 1.165) is 45.3 Å². The monoisotopic (exact) mass is 345 g/mol. The van der Waals surface area contributed by atoms with Crippen LogP contribution in [0.4, 0.5) is 0 Å². The van der Waals surface area contributed by atoms with Gasteiger partial charge >= 0.3 is 5.97 Å². The van der Waals surface area contributed by atoms with Crippen molar-refractivity contribution in [1.82, 2.24) is 15.1 Å². The lowest BCUT2D eigenvalue weighted by atomic mass is 10.00. The molecule has 1 N–H and O–H groups in total. The van der Waals surface area contributed by atoms with Gasteiger partial charge in [0.25, 0.3) is 0 Å². The summed E-state index contributed by atoms with van der Waals surface area (Å²) in [5.74, 6) is 0.354. The van der Waals surface area contributed by atoms with Crippen LogP contribution in [0.15, 0.2) is 30.3 Å². The Balaban J connectivity index is 1.47. The highest BCUT2D eigenvalue weighted by atomic mass is 16.5. The number of para-hydroxylation sites is 1. The summed E-state index contributed by atoms with van der Waals surface area (Å²) < 4.78 is 5.52. The lowest BCUT2D eigenvalue weighted by Crippen LogP contribution is -2.56. The predicted molar refractivity (Wildman–Crippen MR) is 99.7 cm³/mol. The van der Waals surface area contributed by atoms with Gasteiger partial charge in [0.05, 0.1) is 5.92 Å². The average molecular weight is 345 g/mol. The number of piperazine rings is 1. The van der Waals surface area contributed by atoms with Crippen LogP contribution in [-0.2, 0) is 4.79 Å². The molecule has 0 bridgehead atoms. The van der Waals surface area contributed by atoms with Crippen LogP contribution in [0.5, 0.6) is 5.75 Å². The number of carbonyl (C=O) groups excluding carboxylic acids is 1. The molecule has 1 aromatic carbocycles. The first-order valence-corrected chi connectivity index (χ1v) is 9.60. The molecule has 2 atom stereocenters. The minimum absolute atomic E-state index is 0.134. The first kappa shape index (κ1) is 18.4. The number of piperidine rings is 1. The highest BCUT2D eigenvalue weighted by Crippen LogP contribution is 2.20. The number of carbonyl (C=O) groups is 1. The standard InChI is InChI=1S/C20H31N3O2/c1-16(20(24)25-19-6-4-3-5-7-19)17(2)22-12-14-23(15-13-22)18-8-10-21-11-9-18/h3-7,16-18,21H,8-15H2,1-2H3. The zero-order chi connectivity index (χ0) is 17.6. The summed E-state index contributed by atoms with van der Waals surface area (Å²) in [5, 5.41) is 3.44. The summed E-state index contributed by atoms with van der Waals surface area (Å²) in [4.78, 5) is 17.5. The van der Waals surface area contributed by atoms with E-state index in [0.29, 0.717) is 5.75 Å². The fourth-order valence-electron chi connectivity index (χ4n) is 3.89. The van der Waals surface area contributed by atoms with Gasteiger partial charge < -0.3 is 10.1 Å². The predicted octanol–water partition coefficient (Wildman–Crippen LogP) is 1.99. The van der Waals surface area contributed by atoms with E-state index in [-0.39, 0.29) is 17.9 Å². The summed E-state index contributed by atoms with van der Waals surface area (Å²) in [7, 11) is 0. The molecule has 0 radical (unpaired) electrons. The quantitative estimate of drug-likeness (QED) is 0.653. The maximum absolute atomic E-state index is 12.4. The molecular formula is C20H31N3O2. The largest absolute Gasteiger partial charge is 0.426 e. The van der Waals surface area contributed by atoms with Crippen LogP contribution >= 0.6 is 0 Å².